The average Bonchev–Trinajstić information content (AvgIpc) is 2.65. The Morgan fingerprint density at radius 2 is 1.16 bits per heavy atom. The largest absolute Gasteiger partial charge is 0.356 e. The number of anilines is 4. The predicted molar refractivity (Wildman–Crippen MR) is 100.0 cm³/mol. The van der Waals surface area contributed by atoms with Crippen LogP contribution in [-0.4, -0.2) is 6.03 Å². The summed E-state index contributed by atoms with van der Waals surface area (Å²) in [7, 11) is 0. The highest BCUT2D eigenvalue weighted by Gasteiger charge is 2.02. The molecule has 0 saturated heterocycles. The van der Waals surface area contributed by atoms with E-state index in [1.54, 1.807) is 12.1 Å². The first-order valence-corrected chi connectivity index (χ1v) is 7.73. The van der Waals surface area contributed by atoms with E-state index in [1.807, 2.05) is 66.7 Å². The van der Waals surface area contributed by atoms with E-state index in [1.165, 1.54) is 0 Å². The fourth-order valence-corrected chi connectivity index (χ4v) is 2.25. The third-order valence-electron chi connectivity index (χ3n) is 3.48. The van der Waals surface area contributed by atoms with E-state index in [0.717, 1.165) is 17.1 Å². The Bertz CT molecular complexity index is 882. The number of nitriles is 1. The van der Waals surface area contributed by atoms with Gasteiger partial charge in [-0.15, -0.1) is 0 Å². The second-order valence-corrected chi connectivity index (χ2v) is 5.34. The summed E-state index contributed by atoms with van der Waals surface area (Å²) in [6, 6.07) is 25.6. The van der Waals surface area contributed by atoms with Gasteiger partial charge in [-0.3, -0.25) is 0 Å². The van der Waals surface area contributed by atoms with E-state index >= 15 is 0 Å². The number of carbonyl (C=O) groups excluding carboxylic acids is 1. The average molecular weight is 328 g/mol. The van der Waals surface area contributed by atoms with Gasteiger partial charge in [-0.2, -0.15) is 5.26 Å². The number of benzene rings is 3. The van der Waals surface area contributed by atoms with E-state index in [-0.39, 0.29) is 6.03 Å². The molecule has 3 N–H and O–H groups in total. The van der Waals surface area contributed by atoms with Gasteiger partial charge in [0.05, 0.1) is 11.6 Å². The maximum Gasteiger partial charge on any atom is 0.323 e. The first-order chi connectivity index (χ1) is 12.2. The van der Waals surface area contributed by atoms with Crippen LogP contribution in [0, 0.1) is 11.3 Å². The summed E-state index contributed by atoms with van der Waals surface area (Å²) in [5.41, 5.74) is 3.83. The van der Waals surface area contributed by atoms with Crippen molar-refractivity contribution in [1.82, 2.24) is 0 Å². The molecule has 2 amide bonds. The zero-order chi connectivity index (χ0) is 17.5. The second-order valence-electron chi connectivity index (χ2n) is 5.34. The highest BCUT2D eigenvalue weighted by molar-refractivity contribution is 5.99. The molecule has 0 saturated carbocycles. The zero-order valence-electron chi connectivity index (χ0n) is 13.4. The van der Waals surface area contributed by atoms with Crippen molar-refractivity contribution in [2.45, 2.75) is 0 Å². The Morgan fingerprint density at radius 1 is 0.680 bits per heavy atom. The second kappa shape index (κ2) is 7.66. The molecule has 0 aromatic heterocycles. The Balaban J connectivity index is 1.58. The lowest BCUT2D eigenvalue weighted by Gasteiger charge is -2.10. The van der Waals surface area contributed by atoms with E-state index in [2.05, 4.69) is 22.0 Å². The summed E-state index contributed by atoms with van der Waals surface area (Å²) >= 11 is 0. The number of carbonyl (C=O) groups is 1. The van der Waals surface area contributed by atoms with Crippen LogP contribution in [0.2, 0.25) is 0 Å². The molecule has 5 heteroatoms. The molecule has 25 heavy (non-hydrogen) atoms. The monoisotopic (exact) mass is 328 g/mol. The molecule has 5 nitrogen and oxygen atoms in total. The van der Waals surface area contributed by atoms with Crippen LogP contribution < -0.4 is 16.0 Å². The Morgan fingerprint density at radius 3 is 1.72 bits per heavy atom. The van der Waals surface area contributed by atoms with Crippen molar-refractivity contribution < 1.29 is 4.79 Å². The highest BCUT2D eigenvalue weighted by Crippen LogP contribution is 2.19. The fourth-order valence-electron chi connectivity index (χ4n) is 2.25. The first kappa shape index (κ1) is 16.1. The zero-order valence-corrected chi connectivity index (χ0v) is 13.4. The molecule has 0 spiro atoms. The first-order valence-electron chi connectivity index (χ1n) is 7.73. The molecule has 0 unspecified atom stereocenters. The minimum atomic E-state index is -0.293. The lowest BCUT2D eigenvalue weighted by molar-refractivity contribution is 0.262. The number of nitrogens with zero attached hydrogens (tertiary/aromatic N) is 1. The van der Waals surface area contributed by atoms with Crippen LogP contribution in [0.15, 0.2) is 78.9 Å². The summed E-state index contributed by atoms with van der Waals surface area (Å²) in [5.74, 6) is 0. The van der Waals surface area contributed by atoms with Crippen molar-refractivity contribution in [3.63, 3.8) is 0 Å². The Hall–Kier alpha value is -3.78. The Kier molecular flexibility index (Phi) is 4.93. The summed E-state index contributed by atoms with van der Waals surface area (Å²) in [4.78, 5) is 12.0. The lowest BCUT2D eigenvalue weighted by atomic mass is 10.2. The van der Waals surface area contributed by atoms with Crippen LogP contribution in [0.3, 0.4) is 0 Å². The van der Waals surface area contributed by atoms with Crippen LogP contribution in [0.1, 0.15) is 5.56 Å². The molecule has 0 aliphatic carbocycles. The molecule has 3 aromatic carbocycles. The predicted octanol–water partition coefficient (Wildman–Crippen LogP) is 4.95. The summed E-state index contributed by atoms with van der Waals surface area (Å²) in [5, 5.41) is 17.6. The standard InChI is InChI=1S/C20H16N4O/c21-14-15-6-8-17(9-7-15)22-18-10-12-19(13-11-18)24-20(25)23-16-4-2-1-3-5-16/h1-13,22H,(H2,23,24,25). The highest BCUT2D eigenvalue weighted by atomic mass is 16.2. The van der Waals surface area contributed by atoms with Crippen molar-refractivity contribution in [3.8, 4) is 6.07 Å². The summed E-state index contributed by atoms with van der Waals surface area (Å²) < 4.78 is 0. The fraction of sp³-hybridized carbons (Fsp3) is 0. The minimum absolute atomic E-state index is 0.293. The van der Waals surface area contributed by atoms with Crippen molar-refractivity contribution in [1.29, 1.82) is 5.26 Å². The van der Waals surface area contributed by atoms with Crippen molar-refractivity contribution >= 4 is 28.8 Å². The SMILES string of the molecule is N#Cc1ccc(Nc2ccc(NC(=O)Nc3ccccc3)cc2)cc1. The van der Waals surface area contributed by atoms with Gasteiger partial charge in [-0.25, -0.2) is 4.79 Å². The van der Waals surface area contributed by atoms with E-state index in [9.17, 15) is 4.79 Å². The topological polar surface area (TPSA) is 77.0 Å². The molecular formula is C20H16N4O. The molecule has 3 rings (SSSR count). The maximum atomic E-state index is 12.0. The number of hydrogen-bond donors (Lipinski definition) is 3. The van der Waals surface area contributed by atoms with Gasteiger partial charge in [0.1, 0.15) is 0 Å². The van der Waals surface area contributed by atoms with Crippen LogP contribution >= 0.6 is 0 Å². The molecule has 0 heterocycles. The van der Waals surface area contributed by atoms with Gasteiger partial charge in [-0.05, 0) is 60.7 Å². The van der Waals surface area contributed by atoms with Gasteiger partial charge in [0.25, 0.3) is 0 Å². The van der Waals surface area contributed by atoms with E-state index in [0.29, 0.717) is 11.3 Å². The van der Waals surface area contributed by atoms with Gasteiger partial charge in [0.2, 0.25) is 0 Å². The van der Waals surface area contributed by atoms with Gasteiger partial charge in [0, 0.05) is 22.7 Å². The van der Waals surface area contributed by atoms with E-state index < -0.39 is 0 Å². The summed E-state index contributed by atoms with van der Waals surface area (Å²) in [6.45, 7) is 0. The molecule has 122 valence electrons. The minimum Gasteiger partial charge on any atom is -0.356 e. The quantitative estimate of drug-likeness (QED) is 0.634. The normalized spacial score (nSPS) is 9.72. The number of amides is 2. The molecule has 0 fully saturated rings. The smallest absolute Gasteiger partial charge is 0.323 e. The van der Waals surface area contributed by atoms with Crippen molar-refractivity contribution in [2.24, 2.45) is 0 Å². The number of nitrogens with one attached hydrogen (secondary N) is 3. The molecule has 0 aliphatic heterocycles. The van der Waals surface area contributed by atoms with Crippen LogP contribution in [-0.2, 0) is 0 Å². The molecule has 0 bridgehead atoms. The molecular weight excluding hydrogens is 312 g/mol. The summed E-state index contributed by atoms with van der Waals surface area (Å²) in [6.07, 6.45) is 0. The number of hydrogen-bond acceptors (Lipinski definition) is 3. The molecule has 0 radical (unpaired) electrons. The maximum absolute atomic E-state index is 12.0. The van der Waals surface area contributed by atoms with Crippen molar-refractivity contribution in [2.75, 3.05) is 16.0 Å². The Labute approximate surface area is 145 Å². The van der Waals surface area contributed by atoms with E-state index in [4.69, 9.17) is 5.26 Å². The van der Waals surface area contributed by atoms with Gasteiger partial charge >= 0.3 is 6.03 Å². The number of para-hydroxylation sites is 1. The molecule has 0 aliphatic rings. The third kappa shape index (κ3) is 4.60. The van der Waals surface area contributed by atoms with Crippen molar-refractivity contribution in [3.05, 3.63) is 84.4 Å². The van der Waals surface area contributed by atoms with Crippen LogP contribution in [0.5, 0.6) is 0 Å². The molecule has 3 aromatic rings. The molecule has 0 atom stereocenters. The number of rotatable bonds is 4. The van der Waals surface area contributed by atoms with Gasteiger partial charge in [0.15, 0.2) is 0 Å². The van der Waals surface area contributed by atoms with Gasteiger partial charge < -0.3 is 16.0 Å². The van der Waals surface area contributed by atoms with Gasteiger partial charge in [-0.1, -0.05) is 18.2 Å². The number of urea groups is 1. The lowest BCUT2D eigenvalue weighted by Crippen LogP contribution is -2.19. The third-order valence-corrected chi connectivity index (χ3v) is 3.48. The van der Waals surface area contributed by atoms with Crippen LogP contribution in [0.25, 0.3) is 0 Å². The van der Waals surface area contributed by atoms with Crippen LogP contribution in [0.4, 0.5) is 27.5 Å².